The molecule has 0 fully saturated rings. The molecule has 3 aromatic carbocycles. The Morgan fingerprint density at radius 1 is 0.960 bits per heavy atom. The minimum atomic E-state index is -4.12. The second-order valence-electron chi connectivity index (χ2n) is 5.23. The Morgan fingerprint density at radius 2 is 1.60 bits per heavy atom. The summed E-state index contributed by atoms with van der Waals surface area (Å²) in [7, 11) is -4.12. The van der Waals surface area contributed by atoms with Crippen LogP contribution in [0.4, 0.5) is 5.69 Å². The van der Waals surface area contributed by atoms with Crippen LogP contribution in [0.5, 0.6) is 0 Å². The maximum Gasteiger partial charge on any atom is 0.337 e. The van der Waals surface area contributed by atoms with E-state index in [1.54, 1.807) is 24.3 Å². The predicted molar refractivity (Wildman–Crippen MR) is 98.2 cm³/mol. The number of anilines is 1. The standard InChI is InChI=1S/C17H11Cl2NO4S/c18-12-5-6-14(19)16(9-12)25(23,24)20-15-8-11-4-2-1-3-10(11)7-13(15)17(21)22/h1-9,20H,(H,21,22). The van der Waals surface area contributed by atoms with Crippen molar-refractivity contribution in [2.45, 2.75) is 4.90 Å². The number of carboxylic acids is 1. The van der Waals surface area contributed by atoms with Gasteiger partial charge < -0.3 is 5.11 Å². The van der Waals surface area contributed by atoms with E-state index in [1.807, 2.05) is 0 Å². The first-order valence-corrected chi connectivity index (χ1v) is 9.26. The average Bonchev–Trinajstić information content (AvgIpc) is 2.55. The van der Waals surface area contributed by atoms with Gasteiger partial charge in [-0.05, 0) is 41.1 Å². The van der Waals surface area contributed by atoms with Gasteiger partial charge in [-0.15, -0.1) is 0 Å². The van der Waals surface area contributed by atoms with Gasteiger partial charge in [-0.25, -0.2) is 13.2 Å². The predicted octanol–water partition coefficient (Wildman–Crippen LogP) is 4.65. The molecule has 0 aliphatic rings. The number of hydrogen-bond acceptors (Lipinski definition) is 3. The highest BCUT2D eigenvalue weighted by atomic mass is 35.5. The van der Waals surface area contributed by atoms with Crippen molar-refractivity contribution in [3.63, 3.8) is 0 Å². The number of aromatic carboxylic acids is 1. The summed E-state index contributed by atoms with van der Waals surface area (Å²) in [5.74, 6) is -1.25. The highest BCUT2D eigenvalue weighted by molar-refractivity contribution is 7.92. The molecule has 0 heterocycles. The maximum atomic E-state index is 12.6. The van der Waals surface area contributed by atoms with Gasteiger partial charge in [0.2, 0.25) is 0 Å². The van der Waals surface area contributed by atoms with E-state index in [1.165, 1.54) is 30.3 Å². The van der Waals surface area contributed by atoms with E-state index < -0.39 is 16.0 Å². The SMILES string of the molecule is O=C(O)c1cc2ccccc2cc1NS(=O)(=O)c1cc(Cl)ccc1Cl. The Balaban J connectivity index is 2.14. The minimum Gasteiger partial charge on any atom is -0.478 e. The summed E-state index contributed by atoms with van der Waals surface area (Å²) in [4.78, 5) is 11.3. The van der Waals surface area contributed by atoms with Crippen LogP contribution in [-0.2, 0) is 10.0 Å². The summed E-state index contributed by atoms with van der Waals surface area (Å²) in [6.45, 7) is 0. The molecule has 3 rings (SSSR count). The van der Waals surface area contributed by atoms with Gasteiger partial charge in [0, 0.05) is 5.02 Å². The van der Waals surface area contributed by atoms with Crippen LogP contribution in [0, 0.1) is 0 Å². The Labute approximate surface area is 153 Å². The Hall–Kier alpha value is -2.28. The molecule has 0 saturated heterocycles. The lowest BCUT2D eigenvalue weighted by molar-refractivity contribution is 0.0698. The van der Waals surface area contributed by atoms with Gasteiger partial charge in [-0.1, -0.05) is 47.5 Å². The molecule has 5 nitrogen and oxygen atoms in total. The summed E-state index contributed by atoms with van der Waals surface area (Å²) >= 11 is 11.8. The third-order valence-electron chi connectivity index (χ3n) is 3.54. The van der Waals surface area contributed by atoms with Gasteiger partial charge in [-0.2, -0.15) is 0 Å². The number of halogens is 2. The van der Waals surface area contributed by atoms with E-state index in [9.17, 15) is 18.3 Å². The van der Waals surface area contributed by atoms with Gasteiger partial charge in [0.05, 0.1) is 16.3 Å². The fourth-order valence-electron chi connectivity index (χ4n) is 2.38. The van der Waals surface area contributed by atoms with Crippen molar-refractivity contribution in [2.75, 3.05) is 4.72 Å². The third kappa shape index (κ3) is 3.56. The highest BCUT2D eigenvalue weighted by Crippen LogP contribution is 2.30. The summed E-state index contributed by atoms with van der Waals surface area (Å²) in [5.41, 5.74) is -0.220. The van der Waals surface area contributed by atoms with Gasteiger partial charge >= 0.3 is 5.97 Å². The molecule has 0 aromatic heterocycles. The summed E-state index contributed by atoms with van der Waals surface area (Å²) in [6.07, 6.45) is 0. The van der Waals surface area contributed by atoms with E-state index in [2.05, 4.69) is 4.72 Å². The summed E-state index contributed by atoms with van der Waals surface area (Å²) in [5, 5.41) is 11.0. The van der Waals surface area contributed by atoms with Crippen molar-refractivity contribution >= 4 is 55.7 Å². The van der Waals surface area contributed by atoms with E-state index in [0.29, 0.717) is 10.8 Å². The third-order valence-corrected chi connectivity index (χ3v) is 5.63. The van der Waals surface area contributed by atoms with Gasteiger partial charge in [-0.3, -0.25) is 4.72 Å². The van der Waals surface area contributed by atoms with Gasteiger partial charge in [0.25, 0.3) is 10.0 Å². The topological polar surface area (TPSA) is 83.5 Å². The second-order valence-corrected chi connectivity index (χ2v) is 7.72. The summed E-state index contributed by atoms with van der Waals surface area (Å²) in [6, 6.07) is 13.9. The number of rotatable bonds is 4. The van der Waals surface area contributed by atoms with Crippen LogP contribution in [0.25, 0.3) is 10.8 Å². The monoisotopic (exact) mass is 395 g/mol. The molecule has 0 saturated carbocycles. The van der Waals surface area contributed by atoms with Crippen LogP contribution >= 0.6 is 23.2 Å². The second kappa shape index (κ2) is 6.55. The van der Waals surface area contributed by atoms with Crippen molar-refractivity contribution in [3.05, 3.63) is 70.2 Å². The highest BCUT2D eigenvalue weighted by Gasteiger charge is 2.22. The molecule has 0 aliphatic carbocycles. The molecule has 0 bridgehead atoms. The van der Waals surface area contributed by atoms with Gasteiger partial charge in [0.15, 0.2) is 0 Å². The molecular weight excluding hydrogens is 385 g/mol. The van der Waals surface area contributed by atoms with Gasteiger partial charge in [0.1, 0.15) is 4.90 Å². The molecule has 0 unspecified atom stereocenters. The number of fused-ring (bicyclic) bond motifs is 1. The largest absolute Gasteiger partial charge is 0.478 e. The molecule has 8 heteroatoms. The first-order valence-electron chi connectivity index (χ1n) is 7.02. The molecule has 0 aliphatic heterocycles. The van der Waals surface area contributed by atoms with E-state index >= 15 is 0 Å². The van der Waals surface area contributed by atoms with Crippen LogP contribution in [0.3, 0.4) is 0 Å². The molecule has 0 amide bonds. The maximum absolute atomic E-state index is 12.6. The molecule has 25 heavy (non-hydrogen) atoms. The number of sulfonamides is 1. The van der Waals surface area contributed by atoms with Crippen LogP contribution in [-0.4, -0.2) is 19.5 Å². The van der Waals surface area contributed by atoms with E-state index in [0.717, 1.165) is 0 Å². The molecule has 0 atom stereocenters. The fourth-order valence-corrected chi connectivity index (χ4v) is 4.22. The van der Waals surface area contributed by atoms with Crippen molar-refractivity contribution in [2.24, 2.45) is 0 Å². The van der Waals surface area contributed by atoms with Crippen molar-refractivity contribution in [3.8, 4) is 0 Å². The van der Waals surface area contributed by atoms with Crippen LogP contribution < -0.4 is 4.72 Å². The zero-order valence-electron chi connectivity index (χ0n) is 12.5. The molecule has 0 radical (unpaired) electrons. The van der Waals surface area contributed by atoms with Crippen LogP contribution in [0.15, 0.2) is 59.5 Å². The lowest BCUT2D eigenvalue weighted by Crippen LogP contribution is -2.16. The number of nitrogens with one attached hydrogen (secondary N) is 1. The first-order chi connectivity index (χ1) is 11.8. The van der Waals surface area contributed by atoms with Crippen LogP contribution in [0.2, 0.25) is 10.0 Å². The Bertz CT molecular complexity index is 1100. The Kier molecular flexibility index (Phi) is 4.60. The number of carboxylic acid groups (broad SMARTS) is 1. The quantitative estimate of drug-likeness (QED) is 0.673. The van der Waals surface area contributed by atoms with Crippen molar-refractivity contribution < 1.29 is 18.3 Å². The van der Waals surface area contributed by atoms with E-state index in [4.69, 9.17) is 23.2 Å². The lowest BCUT2D eigenvalue weighted by Gasteiger charge is -2.13. The summed E-state index contributed by atoms with van der Waals surface area (Å²) < 4.78 is 27.6. The zero-order valence-corrected chi connectivity index (χ0v) is 14.9. The number of hydrogen-bond donors (Lipinski definition) is 2. The molecule has 128 valence electrons. The Morgan fingerprint density at radius 3 is 2.24 bits per heavy atom. The molecular formula is C17H11Cl2NO4S. The normalized spacial score (nSPS) is 11.4. The fraction of sp³-hybridized carbons (Fsp3) is 0. The smallest absolute Gasteiger partial charge is 0.337 e. The van der Waals surface area contributed by atoms with Crippen LogP contribution in [0.1, 0.15) is 10.4 Å². The molecule has 2 N–H and O–H groups in total. The molecule has 3 aromatic rings. The van der Waals surface area contributed by atoms with Crippen molar-refractivity contribution in [1.82, 2.24) is 0 Å². The molecule has 0 spiro atoms. The first kappa shape index (κ1) is 17.5. The number of carbonyl (C=O) groups is 1. The number of benzene rings is 3. The average molecular weight is 396 g/mol. The van der Waals surface area contributed by atoms with Crippen molar-refractivity contribution in [1.29, 1.82) is 0 Å². The minimum absolute atomic E-state index is 0.0189. The zero-order chi connectivity index (χ0) is 18.2. The van der Waals surface area contributed by atoms with E-state index in [-0.39, 0.29) is 26.2 Å². The lowest BCUT2D eigenvalue weighted by atomic mass is 10.1.